The average Bonchev–Trinajstić information content (AvgIpc) is 3.14. The van der Waals surface area contributed by atoms with Gasteiger partial charge in [0, 0.05) is 26.8 Å². The summed E-state index contributed by atoms with van der Waals surface area (Å²) in [4.78, 5) is 9.24. The summed E-state index contributed by atoms with van der Waals surface area (Å²) in [5, 5.41) is 7.48. The maximum absolute atomic E-state index is 14.1. The first-order chi connectivity index (χ1) is 12.1. The van der Waals surface area contributed by atoms with Crippen molar-refractivity contribution in [2.24, 2.45) is 5.41 Å². The third-order valence-corrected chi connectivity index (χ3v) is 6.40. The molecule has 0 saturated heterocycles. The van der Waals surface area contributed by atoms with Gasteiger partial charge in [-0.3, -0.25) is 0 Å². The van der Waals surface area contributed by atoms with Crippen LogP contribution in [0.1, 0.15) is 38.4 Å². The Bertz CT molecular complexity index is 940. The SMILES string of the molecule is Cc1csc(-c2nc(-c3cc(F)cc(C)c3I)n(CCC(C)(C)C)n2)n1. The second-order valence-corrected chi connectivity index (χ2v) is 9.61. The van der Waals surface area contributed by atoms with Crippen LogP contribution >= 0.6 is 33.9 Å². The van der Waals surface area contributed by atoms with Gasteiger partial charge in [0.2, 0.25) is 5.82 Å². The fourth-order valence-corrected chi connectivity index (χ4v) is 3.85. The lowest BCUT2D eigenvalue weighted by Gasteiger charge is -2.18. The first-order valence-electron chi connectivity index (χ1n) is 8.47. The van der Waals surface area contributed by atoms with Crippen LogP contribution in [0, 0.1) is 28.6 Å². The zero-order chi connectivity index (χ0) is 19.1. The van der Waals surface area contributed by atoms with E-state index >= 15 is 0 Å². The van der Waals surface area contributed by atoms with Crippen molar-refractivity contribution in [2.45, 2.75) is 47.6 Å². The molecular formula is C19H22FIN4S. The second-order valence-electron chi connectivity index (χ2n) is 7.67. The Morgan fingerprint density at radius 2 is 1.92 bits per heavy atom. The summed E-state index contributed by atoms with van der Waals surface area (Å²) in [6, 6.07) is 3.09. The van der Waals surface area contributed by atoms with E-state index in [0.717, 1.165) is 38.4 Å². The summed E-state index contributed by atoms with van der Waals surface area (Å²) >= 11 is 3.78. The highest BCUT2D eigenvalue weighted by molar-refractivity contribution is 14.1. The molecule has 0 N–H and O–H groups in total. The normalized spacial score (nSPS) is 12.0. The summed E-state index contributed by atoms with van der Waals surface area (Å²) in [7, 11) is 0. The van der Waals surface area contributed by atoms with Crippen molar-refractivity contribution in [1.82, 2.24) is 19.7 Å². The van der Waals surface area contributed by atoms with Crippen LogP contribution in [-0.4, -0.2) is 19.7 Å². The molecule has 7 heteroatoms. The summed E-state index contributed by atoms with van der Waals surface area (Å²) in [6.07, 6.45) is 0.949. The summed E-state index contributed by atoms with van der Waals surface area (Å²) < 4.78 is 17.0. The van der Waals surface area contributed by atoms with E-state index in [4.69, 9.17) is 10.1 Å². The van der Waals surface area contributed by atoms with E-state index < -0.39 is 0 Å². The predicted molar refractivity (Wildman–Crippen MR) is 113 cm³/mol. The number of aryl methyl sites for hydroxylation is 3. The van der Waals surface area contributed by atoms with E-state index in [1.54, 1.807) is 12.1 Å². The summed E-state index contributed by atoms with van der Waals surface area (Å²) in [5.74, 6) is 1.05. The quantitative estimate of drug-likeness (QED) is 0.436. The van der Waals surface area contributed by atoms with Gasteiger partial charge in [0.05, 0.1) is 0 Å². The van der Waals surface area contributed by atoms with E-state index in [9.17, 15) is 4.39 Å². The molecule has 0 aliphatic carbocycles. The smallest absolute Gasteiger partial charge is 0.210 e. The molecule has 0 aliphatic heterocycles. The lowest BCUT2D eigenvalue weighted by molar-refractivity contribution is 0.342. The van der Waals surface area contributed by atoms with E-state index in [1.165, 1.54) is 11.3 Å². The summed E-state index contributed by atoms with van der Waals surface area (Å²) in [6.45, 7) is 11.2. The van der Waals surface area contributed by atoms with Gasteiger partial charge in [0.25, 0.3) is 0 Å². The topological polar surface area (TPSA) is 43.6 Å². The molecule has 26 heavy (non-hydrogen) atoms. The van der Waals surface area contributed by atoms with Crippen molar-refractivity contribution in [3.8, 4) is 22.2 Å². The summed E-state index contributed by atoms with van der Waals surface area (Å²) in [5.41, 5.74) is 2.81. The molecule has 2 aromatic heterocycles. The lowest BCUT2D eigenvalue weighted by atomic mass is 9.92. The standard InChI is InChI=1S/C19H22FIN4S/c1-11-8-13(20)9-14(15(11)21)17-23-16(18-22-12(2)10-26-18)24-25(17)7-6-19(3,4)5/h8-10H,6-7H2,1-5H3. The number of halogens is 2. The maximum Gasteiger partial charge on any atom is 0.210 e. The van der Waals surface area contributed by atoms with Gasteiger partial charge in [-0.05, 0) is 66.0 Å². The number of rotatable bonds is 4. The molecule has 0 unspecified atom stereocenters. The largest absolute Gasteiger partial charge is 0.245 e. The van der Waals surface area contributed by atoms with E-state index in [-0.39, 0.29) is 11.2 Å². The molecule has 0 spiro atoms. The van der Waals surface area contributed by atoms with Crippen molar-refractivity contribution in [3.05, 3.63) is 38.2 Å². The molecule has 0 amide bonds. The van der Waals surface area contributed by atoms with Gasteiger partial charge in [0.1, 0.15) is 5.82 Å². The second kappa shape index (κ2) is 7.34. The molecule has 0 bridgehead atoms. The number of nitrogens with zero attached hydrogens (tertiary/aromatic N) is 4. The van der Waals surface area contributed by atoms with Gasteiger partial charge < -0.3 is 0 Å². The Kier molecular flexibility index (Phi) is 5.48. The van der Waals surface area contributed by atoms with Crippen LogP contribution in [0.5, 0.6) is 0 Å². The Morgan fingerprint density at radius 3 is 2.54 bits per heavy atom. The zero-order valence-corrected chi connectivity index (χ0v) is 18.6. The molecule has 1 aromatic carbocycles. The molecule has 2 heterocycles. The van der Waals surface area contributed by atoms with Gasteiger partial charge in [0.15, 0.2) is 10.8 Å². The Balaban J connectivity index is 2.11. The highest BCUT2D eigenvalue weighted by Crippen LogP contribution is 2.31. The Hall–Kier alpha value is -1.35. The van der Waals surface area contributed by atoms with Crippen molar-refractivity contribution in [3.63, 3.8) is 0 Å². The number of hydrogen-bond acceptors (Lipinski definition) is 4. The molecule has 3 rings (SSSR count). The van der Waals surface area contributed by atoms with Crippen molar-refractivity contribution >= 4 is 33.9 Å². The molecule has 0 saturated carbocycles. The van der Waals surface area contributed by atoms with Crippen LogP contribution in [0.3, 0.4) is 0 Å². The van der Waals surface area contributed by atoms with Crippen molar-refractivity contribution < 1.29 is 4.39 Å². The van der Waals surface area contributed by atoms with Gasteiger partial charge >= 0.3 is 0 Å². The molecular weight excluding hydrogens is 462 g/mol. The highest BCUT2D eigenvalue weighted by atomic mass is 127. The van der Waals surface area contributed by atoms with Crippen molar-refractivity contribution in [1.29, 1.82) is 0 Å². The van der Waals surface area contributed by atoms with Gasteiger partial charge in [-0.1, -0.05) is 20.8 Å². The Morgan fingerprint density at radius 1 is 1.19 bits per heavy atom. The van der Waals surface area contributed by atoms with Crippen LogP contribution in [0.25, 0.3) is 22.2 Å². The van der Waals surface area contributed by atoms with Crippen LogP contribution in [0.15, 0.2) is 17.5 Å². The van der Waals surface area contributed by atoms with E-state index in [2.05, 4.69) is 48.3 Å². The van der Waals surface area contributed by atoms with Crippen LogP contribution in [0.4, 0.5) is 4.39 Å². The lowest BCUT2D eigenvalue weighted by Crippen LogP contribution is -2.12. The molecule has 0 radical (unpaired) electrons. The first-order valence-corrected chi connectivity index (χ1v) is 10.4. The molecule has 0 atom stereocenters. The number of hydrogen-bond donors (Lipinski definition) is 0. The molecule has 0 fully saturated rings. The van der Waals surface area contributed by atoms with Crippen molar-refractivity contribution in [2.75, 3.05) is 0 Å². The minimum Gasteiger partial charge on any atom is -0.245 e. The number of aromatic nitrogens is 4. The predicted octanol–water partition coefficient (Wildman–Crippen LogP) is 5.87. The minimum absolute atomic E-state index is 0.173. The van der Waals surface area contributed by atoms with Crippen LogP contribution in [-0.2, 0) is 6.54 Å². The fraction of sp³-hybridized carbons (Fsp3) is 0.421. The first kappa shape index (κ1) is 19.4. The van der Waals surface area contributed by atoms with Gasteiger partial charge in [-0.2, -0.15) is 0 Å². The minimum atomic E-state index is -0.255. The number of thiazole rings is 1. The van der Waals surface area contributed by atoms with Gasteiger partial charge in [-0.15, -0.1) is 16.4 Å². The molecule has 4 nitrogen and oxygen atoms in total. The average molecular weight is 484 g/mol. The Labute approximate surface area is 171 Å². The third-order valence-electron chi connectivity index (χ3n) is 4.02. The number of benzene rings is 1. The van der Waals surface area contributed by atoms with Crippen LogP contribution in [0.2, 0.25) is 0 Å². The maximum atomic E-state index is 14.1. The molecule has 138 valence electrons. The molecule has 0 aliphatic rings. The zero-order valence-electron chi connectivity index (χ0n) is 15.6. The molecule has 3 aromatic rings. The van der Waals surface area contributed by atoms with Crippen LogP contribution < -0.4 is 0 Å². The highest BCUT2D eigenvalue weighted by Gasteiger charge is 2.20. The van der Waals surface area contributed by atoms with E-state index in [1.807, 2.05) is 23.9 Å². The fourth-order valence-electron chi connectivity index (χ4n) is 2.57. The van der Waals surface area contributed by atoms with Gasteiger partial charge in [-0.25, -0.2) is 19.0 Å². The van der Waals surface area contributed by atoms with E-state index in [0.29, 0.717) is 11.6 Å². The third kappa shape index (κ3) is 4.31. The monoisotopic (exact) mass is 484 g/mol.